The summed E-state index contributed by atoms with van der Waals surface area (Å²) in [5, 5.41) is 2.01. The predicted octanol–water partition coefficient (Wildman–Crippen LogP) is 5.22. The van der Waals surface area contributed by atoms with E-state index in [4.69, 9.17) is 9.47 Å². The Morgan fingerprint density at radius 3 is 2.15 bits per heavy atom. The molecule has 4 heteroatoms. The van der Waals surface area contributed by atoms with Crippen molar-refractivity contribution in [2.24, 2.45) is 0 Å². The van der Waals surface area contributed by atoms with Gasteiger partial charge in [-0.3, -0.25) is 9.59 Å². The Morgan fingerprint density at radius 1 is 0.758 bits per heavy atom. The number of esters is 2. The monoisotopic (exact) mass is 434 g/mol. The molecule has 0 bridgehead atoms. The van der Waals surface area contributed by atoms with Gasteiger partial charge in [0.25, 0.3) is 0 Å². The average molecular weight is 434 g/mol. The van der Waals surface area contributed by atoms with Gasteiger partial charge in [0.1, 0.15) is 0 Å². The molecule has 0 amide bonds. The lowest BCUT2D eigenvalue weighted by molar-refractivity contribution is -0.161. The zero-order chi connectivity index (χ0) is 22.7. The molecule has 162 valence electrons. The summed E-state index contributed by atoms with van der Waals surface area (Å²) in [5.41, 5.74) is 6.90. The molecule has 4 nitrogen and oxygen atoms in total. The van der Waals surface area contributed by atoms with Crippen LogP contribution in [-0.4, -0.2) is 26.2 Å². The second-order valence-electron chi connectivity index (χ2n) is 8.71. The molecule has 0 aromatic heterocycles. The van der Waals surface area contributed by atoms with Crippen LogP contribution in [0.3, 0.4) is 0 Å². The Hall–Kier alpha value is -3.92. The Morgan fingerprint density at radius 2 is 1.42 bits per heavy atom. The van der Waals surface area contributed by atoms with Gasteiger partial charge in [-0.15, -0.1) is 0 Å². The minimum absolute atomic E-state index is 0.236. The van der Waals surface area contributed by atoms with Gasteiger partial charge in [0.05, 0.1) is 14.2 Å². The zero-order valence-corrected chi connectivity index (χ0v) is 18.5. The van der Waals surface area contributed by atoms with E-state index in [-0.39, 0.29) is 6.42 Å². The summed E-state index contributed by atoms with van der Waals surface area (Å²) in [6.07, 6.45) is 0.890. The summed E-state index contributed by atoms with van der Waals surface area (Å²) in [6, 6.07) is 24.8. The lowest BCUT2D eigenvalue weighted by Crippen LogP contribution is -2.46. The molecule has 0 spiro atoms. The quantitative estimate of drug-likeness (QED) is 0.289. The SMILES string of the molecule is COC(=O)C1(C(=O)OC)Cc2cccc3c(-c4ccccc4)c4c(c1c23)Cc1ccccc1-4. The molecular weight excluding hydrogens is 412 g/mol. The molecule has 0 unspecified atom stereocenters. The molecule has 2 aliphatic carbocycles. The number of fused-ring (bicyclic) bond motifs is 4. The Kier molecular flexibility index (Phi) is 4.21. The number of carbonyl (C=O) groups excluding carboxylic acids is 2. The molecule has 0 atom stereocenters. The highest BCUT2D eigenvalue weighted by molar-refractivity contribution is 6.19. The molecule has 0 radical (unpaired) electrons. The fourth-order valence-electron chi connectivity index (χ4n) is 5.93. The summed E-state index contributed by atoms with van der Waals surface area (Å²) in [6.45, 7) is 0. The second kappa shape index (κ2) is 7.04. The molecule has 0 saturated heterocycles. The van der Waals surface area contributed by atoms with Crippen molar-refractivity contribution in [3.63, 3.8) is 0 Å². The predicted molar refractivity (Wildman–Crippen MR) is 127 cm³/mol. The van der Waals surface area contributed by atoms with Crippen molar-refractivity contribution in [2.45, 2.75) is 18.3 Å². The molecule has 6 rings (SSSR count). The van der Waals surface area contributed by atoms with Crippen molar-refractivity contribution in [3.8, 4) is 22.3 Å². The fourth-order valence-corrected chi connectivity index (χ4v) is 5.93. The number of ether oxygens (including phenoxy) is 2. The first kappa shape index (κ1) is 19.7. The van der Waals surface area contributed by atoms with Crippen molar-refractivity contribution in [2.75, 3.05) is 14.2 Å². The first-order chi connectivity index (χ1) is 16.1. The highest BCUT2D eigenvalue weighted by Gasteiger charge is 2.56. The highest BCUT2D eigenvalue weighted by Crippen LogP contribution is 2.55. The average Bonchev–Trinajstić information content (AvgIpc) is 3.42. The third-order valence-corrected chi connectivity index (χ3v) is 7.19. The van der Waals surface area contributed by atoms with Crippen LogP contribution in [0.4, 0.5) is 0 Å². The van der Waals surface area contributed by atoms with E-state index >= 15 is 0 Å². The lowest BCUT2D eigenvalue weighted by atomic mass is 9.76. The standard InChI is InChI=1S/C29H22O4/c1-32-27(30)29(28(31)33-2)16-19-12-8-14-21-23(17-9-4-3-5-10-17)25-20-13-7-6-11-18(20)15-22(25)26(29)24(19)21/h3-14H,15-16H2,1-2H3. The van der Waals surface area contributed by atoms with Crippen LogP contribution < -0.4 is 0 Å². The van der Waals surface area contributed by atoms with Crippen molar-refractivity contribution in [1.29, 1.82) is 0 Å². The molecule has 4 aromatic carbocycles. The maximum Gasteiger partial charge on any atom is 0.328 e. The first-order valence-electron chi connectivity index (χ1n) is 11.0. The third-order valence-electron chi connectivity index (χ3n) is 7.19. The number of rotatable bonds is 3. The molecule has 0 N–H and O–H groups in total. The number of benzene rings is 4. The van der Waals surface area contributed by atoms with Gasteiger partial charge in [0, 0.05) is 6.42 Å². The maximum absolute atomic E-state index is 13.3. The molecule has 2 aliphatic rings. The maximum atomic E-state index is 13.3. The lowest BCUT2D eigenvalue weighted by Gasteiger charge is -2.27. The Balaban J connectivity index is 1.83. The van der Waals surface area contributed by atoms with Crippen molar-refractivity contribution >= 4 is 22.7 Å². The first-order valence-corrected chi connectivity index (χ1v) is 11.0. The van der Waals surface area contributed by atoms with Gasteiger partial charge in [-0.1, -0.05) is 72.8 Å². The van der Waals surface area contributed by atoms with Crippen LogP contribution in [-0.2, 0) is 37.3 Å². The van der Waals surface area contributed by atoms with Crippen LogP contribution in [0.5, 0.6) is 0 Å². The summed E-state index contributed by atoms with van der Waals surface area (Å²) in [4.78, 5) is 26.7. The van der Waals surface area contributed by atoms with E-state index in [2.05, 4.69) is 30.3 Å². The van der Waals surface area contributed by atoms with Crippen LogP contribution >= 0.6 is 0 Å². The molecule has 0 saturated carbocycles. The smallest absolute Gasteiger partial charge is 0.328 e. The summed E-state index contributed by atoms with van der Waals surface area (Å²) < 4.78 is 10.5. The zero-order valence-electron chi connectivity index (χ0n) is 18.5. The van der Waals surface area contributed by atoms with E-state index in [1.807, 2.05) is 42.5 Å². The van der Waals surface area contributed by atoms with Crippen molar-refractivity contribution < 1.29 is 19.1 Å². The molecular formula is C29H22O4. The van der Waals surface area contributed by atoms with Crippen LogP contribution in [0.2, 0.25) is 0 Å². The second-order valence-corrected chi connectivity index (χ2v) is 8.71. The minimum atomic E-state index is -1.51. The molecule has 0 aliphatic heterocycles. The van der Waals surface area contributed by atoms with Crippen LogP contribution in [0.25, 0.3) is 33.0 Å². The molecule has 4 aromatic rings. The van der Waals surface area contributed by atoms with Crippen LogP contribution in [0.15, 0.2) is 72.8 Å². The van der Waals surface area contributed by atoms with Gasteiger partial charge in [0.2, 0.25) is 0 Å². The largest absolute Gasteiger partial charge is 0.468 e. The van der Waals surface area contributed by atoms with Gasteiger partial charge in [0.15, 0.2) is 5.41 Å². The molecule has 0 heterocycles. The van der Waals surface area contributed by atoms with E-state index < -0.39 is 17.4 Å². The van der Waals surface area contributed by atoms with E-state index in [1.165, 1.54) is 19.8 Å². The van der Waals surface area contributed by atoms with E-state index in [0.717, 1.165) is 49.7 Å². The minimum Gasteiger partial charge on any atom is -0.468 e. The number of hydrogen-bond donors (Lipinski definition) is 0. The number of methoxy groups -OCH3 is 2. The van der Waals surface area contributed by atoms with Crippen LogP contribution in [0.1, 0.15) is 22.3 Å². The van der Waals surface area contributed by atoms with E-state index in [0.29, 0.717) is 6.42 Å². The third kappa shape index (κ3) is 2.46. The summed E-state index contributed by atoms with van der Waals surface area (Å²) in [5.74, 6) is -1.14. The van der Waals surface area contributed by atoms with E-state index in [9.17, 15) is 9.59 Å². The summed E-state index contributed by atoms with van der Waals surface area (Å²) in [7, 11) is 2.67. The number of hydrogen-bond acceptors (Lipinski definition) is 4. The fraction of sp³-hybridized carbons (Fsp3) is 0.172. The molecule has 33 heavy (non-hydrogen) atoms. The molecule has 0 fully saturated rings. The van der Waals surface area contributed by atoms with Crippen molar-refractivity contribution in [1.82, 2.24) is 0 Å². The Labute approximate surface area is 191 Å². The number of carbonyl (C=O) groups is 2. The summed E-state index contributed by atoms with van der Waals surface area (Å²) >= 11 is 0. The normalized spacial score (nSPS) is 14.6. The van der Waals surface area contributed by atoms with Gasteiger partial charge in [-0.05, 0) is 61.7 Å². The van der Waals surface area contributed by atoms with E-state index in [1.54, 1.807) is 0 Å². The topological polar surface area (TPSA) is 52.6 Å². The highest BCUT2D eigenvalue weighted by atomic mass is 16.5. The van der Waals surface area contributed by atoms with Gasteiger partial charge in [-0.2, -0.15) is 0 Å². The van der Waals surface area contributed by atoms with Gasteiger partial charge < -0.3 is 9.47 Å². The van der Waals surface area contributed by atoms with Gasteiger partial charge in [-0.25, -0.2) is 0 Å². The van der Waals surface area contributed by atoms with Crippen LogP contribution in [0, 0.1) is 0 Å². The Bertz CT molecular complexity index is 1450. The van der Waals surface area contributed by atoms with Crippen molar-refractivity contribution in [3.05, 3.63) is 95.1 Å². The van der Waals surface area contributed by atoms with Gasteiger partial charge >= 0.3 is 11.9 Å².